The summed E-state index contributed by atoms with van der Waals surface area (Å²) in [6, 6.07) is 0. The number of ether oxygens (including phenoxy) is 2. The summed E-state index contributed by atoms with van der Waals surface area (Å²) in [7, 11) is -4.77. The molecule has 0 amide bonds. The second-order valence-electron chi connectivity index (χ2n) is 13.3. The summed E-state index contributed by atoms with van der Waals surface area (Å²) in [6.45, 7) is 3.39. The van der Waals surface area contributed by atoms with Gasteiger partial charge >= 0.3 is 19.8 Å². The SMILES string of the molecule is CC/C=C/C=C/C=C/CCCCCCCC(=O)OC(COC(=O)CCCCCCCCC/C=C/C/C=C/C/C=C/C/C=C/C/C=C/CC)COP(=O)(O)O. The summed E-state index contributed by atoms with van der Waals surface area (Å²) in [5, 5.41) is 0. The third kappa shape index (κ3) is 41.7. The molecule has 0 aromatic heterocycles. The minimum atomic E-state index is -4.77. The van der Waals surface area contributed by atoms with Crippen LogP contribution in [0.3, 0.4) is 0 Å². The van der Waals surface area contributed by atoms with Crippen LogP contribution in [0.2, 0.25) is 0 Å². The van der Waals surface area contributed by atoms with E-state index in [1.54, 1.807) is 0 Å². The third-order valence-electron chi connectivity index (χ3n) is 8.16. The van der Waals surface area contributed by atoms with Crippen LogP contribution in [0.25, 0.3) is 0 Å². The van der Waals surface area contributed by atoms with Crippen molar-refractivity contribution in [3.8, 4) is 0 Å². The molecule has 0 saturated carbocycles. The third-order valence-corrected chi connectivity index (χ3v) is 8.64. The van der Waals surface area contributed by atoms with Crippen molar-refractivity contribution < 1.29 is 37.9 Å². The molecule has 8 nitrogen and oxygen atoms in total. The predicted molar refractivity (Wildman–Crippen MR) is 225 cm³/mol. The van der Waals surface area contributed by atoms with E-state index >= 15 is 0 Å². The molecule has 2 N–H and O–H groups in total. The Morgan fingerprint density at radius 1 is 0.500 bits per heavy atom. The minimum absolute atomic E-state index is 0.180. The maximum atomic E-state index is 12.4. The molecule has 0 radical (unpaired) electrons. The first-order valence-electron chi connectivity index (χ1n) is 20.6. The fourth-order valence-electron chi connectivity index (χ4n) is 5.16. The van der Waals surface area contributed by atoms with Gasteiger partial charge in [0.2, 0.25) is 0 Å². The number of hydrogen-bond acceptors (Lipinski definition) is 6. The van der Waals surface area contributed by atoms with Crippen LogP contribution in [0, 0.1) is 0 Å². The Kier molecular flexibility index (Phi) is 37.4. The number of esters is 2. The highest BCUT2D eigenvalue weighted by Crippen LogP contribution is 2.36. The number of carbonyl (C=O) groups excluding carboxylic acids is 2. The van der Waals surface area contributed by atoms with Crippen LogP contribution in [-0.4, -0.2) is 41.0 Å². The molecule has 0 aromatic rings. The molecule has 1 unspecified atom stereocenters. The molecule has 1 atom stereocenters. The van der Waals surface area contributed by atoms with Crippen LogP contribution in [0.4, 0.5) is 0 Å². The summed E-state index contributed by atoms with van der Waals surface area (Å²) >= 11 is 0. The van der Waals surface area contributed by atoms with E-state index in [1.165, 1.54) is 19.3 Å². The second-order valence-corrected chi connectivity index (χ2v) is 14.5. The van der Waals surface area contributed by atoms with E-state index in [0.717, 1.165) is 96.3 Å². The Balaban J connectivity index is 3.96. The van der Waals surface area contributed by atoms with E-state index in [-0.39, 0.29) is 19.4 Å². The number of allylic oxidation sites excluding steroid dienone is 16. The molecule has 0 aromatic carbocycles. The zero-order valence-corrected chi connectivity index (χ0v) is 34.5. The monoisotopic (exact) mass is 773 g/mol. The summed E-state index contributed by atoms with van der Waals surface area (Å²) in [5.74, 6) is -0.932. The number of hydrogen-bond donors (Lipinski definition) is 2. The van der Waals surface area contributed by atoms with Gasteiger partial charge in [-0.3, -0.25) is 14.1 Å². The van der Waals surface area contributed by atoms with Gasteiger partial charge in [0.25, 0.3) is 0 Å². The van der Waals surface area contributed by atoms with E-state index in [9.17, 15) is 14.2 Å². The molecular formula is C45H73O8P. The Bertz CT molecular complexity index is 1190. The van der Waals surface area contributed by atoms with Crippen molar-refractivity contribution in [2.45, 2.75) is 161 Å². The lowest BCUT2D eigenvalue weighted by Crippen LogP contribution is -2.29. The number of phosphoric acid groups is 1. The zero-order valence-electron chi connectivity index (χ0n) is 33.6. The molecule has 0 spiro atoms. The van der Waals surface area contributed by atoms with Crippen LogP contribution in [0.5, 0.6) is 0 Å². The average Bonchev–Trinajstić information content (AvgIpc) is 3.14. The van der Waals surface area contributed by atoms with E-state index in [2.05, 4.69) is 97.4 Å². The van der Waals surface area contributed by atoms with E-state index in [4.69, 9.17) is 19.3 Å². The van der Waals surface area contributed by atoms with Crippen LogP contribution < -0.4 is 0 Å². The highest BCUT2D eigenvalue weighted by atomic mass is 31.2. The predicted octanol–water partition coefficient (Wildman–Crippen LogP) is 12.6. The lowest BCUT2D eigenvalue weighted by molar-refractivity contribution is -0.161. The van der Waals surface area contributed by atoms with Crippen LogP contribution in [0.1, 0.15) is 155 Å². The Morgan fingerprint density at radius 3 is 1.44 bits per heavy atom. The van der Waals surface area contributed by atoms with E-state index in [1.807, 2.05) is 18.2 Å². The lowest BCUT2D eigenvalue weighted by Gasteiger charge is -2.18. The molecular weight excluding hydrogens is 699 g/mol. The highest BCUT2D eigenvalue weighted by Gasteiger charge is 2.22. The summed E-state index contributed by atoms with van der Waals surface area (Å²) in [4.78, 5) is 42.8. The van der Waals surface area contributed by atoms with Gasteiger partial charge in [0, 0.05) is 12.8 Å². The average molecular weight is 773 g/mol. The standard InChI is InChI=1S/C45H73O8P/c1-3-5-7-9-11-13-15-17-18-19-20-21-22-23-24-25-26-28-29-31-33-35-37-39-44(46)51-41-43(42-52-54(48,49)50)53-45(47)40-38-36-34-32-30-27-16-14-12-10-8-6-4-2/h5-8,10-14,16-18,20-21,23-24,43H,3-4,9,15,19,22,25-42H2,1-2H3,(H2,48,49,50)/b7-5+,8-6+,12-10+,13-11+,16-14+,18-17+,21-20+,24-23+. The van der Waals surface area contributed by atoms with Crippen LogP contribution in [-0.2, 0) is 28.2 Å². The fraction of sp³-hybridized carbons (Fsp3) is 0.600. The Hall–Kier alpha value is -3.03. The quantitative estimate of drug-likeness (QED) is 0.0212. The molecule has 9 heteroatoms. The van der Waals surface area contributed by atoms with E-state index in [0.29, 0.717) is 12.8 Å². The van der Waals surface area contributed by atoms with Crippen molar-refractivity contribution in [2.24, 2.45) is 0 Å². The molecule has 54 heavy (non-hydrogen) atoms. The van der Waals surface area contributed by atoms with E-state index < -0.39 is 32.5 Å². The molecule has 0 bridgehead atoms. The summed E-state index contributed by atoms with van der Waals surface area (Å²) in [6.07, 6.45) is 54.1. The zero-order chi connectivity index (χ0) is 39.6. The van der Waals surface area contributed by atoms with Gasteiger partial charge in [0.15, 0.2) is 6.10 Å². The maximum Gasteiger partial charge on any atom is 0.469 e. The minimum Gasteiger partial charge on any atom is -0.462 e. The highest BCUT2D eigenvalue weighted by molar-refractivity contribution is 7.46. The maximum absolute atomic E-state index is 12.4. The number of phosphoric ester groups is 1. The van der Waals surface area contributed by atoms with Gasteiger partial charge in [-0.05, 0) is 77.0 Å². The summed E-state index contributed by atoms with van der Waals surface area (Å²) < 4.78 is 26.3. The van der Waals surface area contributed by atoms with Crippen molar-refractivity contribution in [3.63, 3.8) is 0 Å². The molecule has 0 aliphatic carbocycles. The smallest absolute Gasteiger partial charge is 0.462 e. The normalized spacial score (nSPS) is 13.5. The second kappa shape index (κ2) is 39.7. The first-order valence-corrected chi connectivity index (χ1v) is 22.1. The van der Waals surface area contributed by atoms with Gasteiger partial charge in [-0.1, -0.05) is 162 Å². The van der Waals surface area contributed by atoms with Crippen molar-refractivity contribution >= 4 is 19.8 Å². The fourth-order valence-corrected chi connectivity index (χ4v) is 5.52. The number of rotatable bonds is 36. The Morgan fingerprint density at radius 2 is 0.926 bits per heavy atom. The van der Waals surface area contributed by atoms with Crippen molar-refractivity contribution in [1.29, 1.82) is 0 Å². The van der Waals surface area contributed by atoms with Crippen LogP contribution in [0.15, 0.2) is 97.2 Å². The molecule has 306 valence electrons. The molecule has 0 fully saturated rings. The Labute approximate surface area is 328 Å². The lowest BCUT2D eigenvalue weighted by atomic mass is 10.1. The van der Waals surface area contributed by atoms with Gasteiger partial charge < -0.3 is 19.3 Å². The first-order chi connectivity index (χ1) is 26.3. The van der Waals surface area contributed by atoms with Gasteiger partial charge in [-0.15, -0.1) is 0 Å². The molecule has 0 heterocycles. The van der Waals surface area contributed by atoms with Crippen LogP contribution >= 0.6 is 7.82 Å². The number of unbranched alkanes of at least 4 members (excludes halogenated alkanes) is 12. The topological polar surface area (TPSA) is 119 Å². The largest absolute Gasteiger partial charge is 0.469 e. The number of carbonyl (C=O) groups is 2. The molecule has 0 rings (SSSR count). The van der Waals surface area contributed by atoms with Crippen molar-refractivity contribution in [1.82, 2.24) is 0 Å². The first kappa shape index (κ1) is 51.0. The van der Waals surface area contributed by atoms with Gasteiger partial charge in [0.05, 0.1) is 6.61 Å². The van der Waals surface area contributed by atoms with Crippen molar-refractivity contribution in [2.75, 3.05) is 13.2 Å². The van der Waals surface area contributed by atoms with Gasteiger partial charge in [0.1, 0.15) is 6.61 Å². The molecule has 0 aliphatic heterocycles. The van der Waals surface area contributed by atoms with Crippen molar-refractivity contribution in [3.05, 3.63) is 97.2 Å². The molecule has 0 saturated heterocycles. The summed E-state index contributed by atoms with van der Waals surface area (Å²) in [5.41, 5.74) is 0. The molecule has 0 aliphatic rings. The van der Waals surface area contributed by atoms with Gasteiger partial charge in [-0.25, -0.2) is 4.57 Å². The van der Waals surface area contributed by atoms with Gasteiger partial charge in [-0.2, -0.15) is 0 Å².